The van der Waals surface area contributed by atoms with Crippen LogP contribution in [0.15, 0.2) is 0 Å². The van der Waals surface area contributed by atoms with Crippen molar-refractivity contribution in [1.29, 1.82) is 0 Å². The van der Waals surface area contributed by atoms with E-state index in [1.807, 2.05) is 7.05 Å². The number of hydrogen-bond acceptors (Lipinski definition) is 5. The van der Waals surface area contributed by atoms with Crippen molar-refractivity contribution >= 4 is 11.6 Å². The van der Waals surface area contributed by atoms with Gasteiger partial charge in [-0.1, -0.05) is 0 Å². The fraction of sp³-hybridized carbons (Fsp3) is 0.692. The summed E-state index contributed by atoms with van der Waals surface area (Å²) in [7, 11) is 6.06. The van der Waals surface area contributed by atoms with Gasteiger partial charge in [0.05, 0.1) is 0 Å². The molecule has 1 saturated carbocycles. The molecule has 1 fully saturated rings. The molecule has 0 aliphatic heterocycles. The summed E-state index contributed by atoms with van der Waals surface area (Å²) in [5.41, 5.74) is 1.10. The third kappa shape index (κ3) is 3.10. The summed E-state index contributed by atoms with van der Waals surface area (Å²) in [6, 6.07) is 0. The molecule has 1 aromatic rings. The molecule has 1 heterocycles. The molecule has 5 heteroatoms. The molecule has 1 aliphatic carbocycles. The number of nitrogens with zero attached hydrogens (tertiary/aromatic N) is 3. The first kappa shape index (κ1) is 13.1. The van der Waals surface area contributed by atoms with Gasteiger partial charge in [0.25, 0.3) is 0 Å². The van der Waals surface area contributed by atoms with Crippen molar-refractivity contribution in [3.63, 3.8) is 0 Å². The van der Waals surface area contributed by atoms with Crippen LogP contribution < -0.4 is 10.6 Å². The number of hydrogen-bond donors (Lipinski definition) is 2. The van der Waals surface area contributed by atoms with Crippen molar-refractivity contribution < 1.29 is 0 Å². The minimum atomic E-state index is 0.576. The van der Waals surface area contributed by atoms with Crippen molar-refractivity contribution in [2.45, 2.75) is 25.7 Å². The molecule has 1 aromatic heterocycles. The highest BCUT2D eigenvalue weighted by Gasteiger charge is 2.28. The van der Waals surface area contributed by atoms with E-state index in [1.54, 1.807) is 0 Å². The van der Waals surface area contributed by atoms with Gasteiger partial charge in [-0.2, -0.15) is 0 Å². The van der Waals surface area contributed by atoms with Crippen LogP contribution in [-0.4, -0.2) is 49.1 Å². The summed E-state index contributed by atoms with van der Waals surface area (Å²) in [5.74, 6) is 3.47. The molecule has 0 saturated heterocycles. The molecule has 0 amide bonds. The number of nitrogens with one attached hydrogen (secondary N) is 2. The van der Waals surface area contributed by atoms with Crippen LogP contribution in [0.3, 0.4) is 0 Å². The minimum absolute atomic E-state index is 0.576. The van der Waals surface area contributed by atoms with E-state index < -0.39 is 0 Å². The molecule has 5 nitrogen and oxygen atoms in total. The lowest BCUT2D eigenvalue weighted by Crippen LogP contribution is -2.22. The van der Waals surface area contributed by atoms with Crippen LogP contribution in [0, 0.1) is 6.92 Å². The molecular formula is C13H23N5. The Labute approximate surface area is 109 Å². The van der Waals surface area contributed by atoms with Crippen molar-refractivity contribution in [2.75, 3.05) is 44.9 Å². The van der Waals surface area contributed by atoms with Crippen LogP contribution in [0.5, 0.6) is 0 Å². The van der Waals surface area contributed by atoms with E-state index in [4.69, 9.17) is 0 Å². The van der Waals surface area contributed by atoms with Crippen molar-refractivity contribution in [3.8, 4) is 0 Å². The first-order valence-electron chi connectivity index (χ1n) is 6.56. The Hall–Kier alpha value is -1.36. The number of anilines is 2. The zero-order valence-electron chi connectivity index (χ0n) is 11.7. The van der Waals surface area contributed by atoms with Gasteiger partial charge in [0.1, 0.15) is 17.5 Å². The van der Waals surface area contributed by atoms with E-state index >= 15 is 0 Å². The van der Waals surface area contributed by atoms with Gasteiger partial charge in [-0.25, -0.2) is 9.97 Å². The van der Waals surface area contributed by atoms with E-state index in [1.165, 1.54) is 12.8 Å². The molecule has 1 aliphatic rings. The van der Waals surface area contributed by atoms with E-state index in [2.05, 4.69) is 46.5 Å². The number of aromatic nitrogens is 2. The number of likely N-dealkylation sites (N-methyl/N-ethyl adjacent to an activating group) is 1. The van der Waals surface area contributed by atoms with Crippen LogP contribution in [-0.2, 0) is 0 Å². The highest BCUT2D eigenvalue weighted by atomic mass is 15.1. The predicted molar refractivity (Wildman–Crippen MR) is 75.3 cm³/mol. The Balaban J connectivity index is 2.13. The summed E-state index contributed by atoms with van der Waals surface area (Å²) in [4.78, 5) is 11.4. The zero-order chi connectivity index (χ0) is 13.1. The SMILES string of the molecule is CNc1nc(C2CC2)nc(NCCN(C)C)c1C. The molecular weight excluding hydrogens is 226 g/mol. The summed E-state index contributed by atoms with van der Waals surface area (Å²) in [6.07, 6.45) is 2.45. The van der Waals surface area contributed by atoms with Crippen LogP contribution in [0.2, 0.25) is 0 Å². The average molecular weight is 249 g/mol. The fourth-order valence-corrected chi connectivity index (χ4v) is 1.87. The Bertz CT molecular complexity index is 412. The quantitative estimate of drug-likeness (QED) is 0.803. The lowest BCUT2D eigenvalue weighted by atomic mass is 10.2. The first-order chi connectivity index (χ1) is 8.61. The second kappa shape index (κ2) is 5.52. The Morgan fingerprint density at radius 3 is 2.44 bits per heavy atom. The highest BCUT2D eigenvalue weighted by Crippen LogP contribution is 2.39. The van der Waals surface area contributed by atoms with Gasteiger partial charge in [-0.05, 0) is 33.9 Å². The van der Waals surface area contributed by atoms with Crippen LogP contribution in [0.25, 0.3) is 0 Å². The van der Waals surface area contributed by atoms with Gasteiger partial charge in [-0.3, -0.25) is 0 Å². The Morgan fingerprint density at radius 2 is 1.89 bits per heavy atom. The normalized spacial score (nSPS) is 14.9. The summed E-state index contributed by atoms with van der Waals surface area (Å²) >= 11 is 0. The van der Waals surface area contributed by atoms with E-state index in [0.717, 1.165) is 36.1 Å². The van der Waals surface area contributed by atoms with Gasteiger partial charge in [-0.15, -0.1) is 0 Å². The molecule has 2 rings (SSSR count). The van der Waals surface area contributed by atoms with Gasteiger partial charge < -0.3 is 15.5 Å². The van der Waals surface area contributed by atoms with Crippen molar-refractivity contribution in [2.24, 2.45) is 0 Å². The van der Waals surface area contributed by atoms with Crippen molar-refractivity contribution in [3.05, 3.63) is 11.4 Å². The third-order valence-corrected chi connectivity index (χ3v) is 3.19. The minimum Gasteiger partial charge on any atom is -0.373 e. The fourth-order valence-electron chi connectivity index (χ4n) is 1.87. The van der Waals surface area contributed by atoms with Crippen molar-refractivity contribution in [1.82, 2.24) is 14.9 Å². The molecule has 0 radical (unpaired) electrons. The zero-order valence-corrected chi connectivity index (χ0v) is 11.7. The molecule has 0 spiro atoms. The average Bonchev–Trinajstić information content (AvgIpc) is 3.15. The van der Waals surface area contributed by atoms with E-state index in [-0.39, 0.29) is 0 Å². The van der Waals surface area contributed by atoms with Crippen LogP contribution >= 0.6 is 0 Å². The van der Waals surface area contributed by atoms with E-state index in [9.17, 15) is 0 Å². The lowest BCUT2D eigenvalue weighted by Gasteiger charge is -2.15. The maximum atomic E-state index is 4.66. The Kier molecular flexibility index (Phi) is 4.01. The predicted octanol–water partition coefficient (Wildman–Crippen LogP) is 1.68. The largest absolute Gasteiger partial charge is 0.373 e. The summed E-state index contributed by atoms with van der Waals surface area (Å²) < 4.78 is 0. The molecule has 0 atom stereocenters. The maximum absolute atomic E-state index is 4.66. The van der Waals surface area contributed by atoms with E-state index in [0.29, 0.717) is 5.92 Å². The first-order valence-corrected chi connectivity index (χ1v) is 6.56. The van der Waals surface area contributed by atoms with Gasteiger partial charge in [0, 0.05) is 31.6 Å². The van der Waals surface area contributed by atoms with Crippen LogP contribution in [0.1, 0.15) is 30.1 Å². The lowest BCUT2D eigenvalue weighted by molar-refractivity contribution is 0.425. The second-order valence-corrected chi connectivity index (χ2v) is 5.16. The summed E-state index contributed by atoms with van der Waals surface area (Å²) in [5, 5.41) is 6.57. The summed E-state index contributed by atoms with van der Waals surface area (Å²) in [6.45, 7) is 3.95. The smallest absolute Gasteiger partial charge is 0.136 e. The molecule has 0 aromatic carbocycles. The molecule has 100 valence electrons. The Morgan fingerprint density at radius 1 is 1.22 bits per heavy atom. The number of rotatable bonds is 6. The molecule has 2 N–H and O–H groups in total. The monoisotopic (exact) mass is 249 g/mol. The van der Waals surface area contributed by atoms with Gasteiger partial charge in [0.15, 0.2) is 0 Å². The molecule has 18 heavy (non-hydrogen) atoms. The van der Waals surface area contributed by atoms with Gasteiger partial charge in [0.2, 0.25) is 0 Å². The topological polar surface area (TPSA) is 53.1 Å². The van der Waals surface area contributed by atoms with Gasteiger partial charge >= 0.3 is 0 Å². The standard InChI is InChI=1S/C13H23N5/c1-9-11(14-2)16-13(10-5-6-10)17-12(9)15-7-8-18(3)4/h10H,5-8H2,1-4H3,(H2,14,15,16,17). The molecule has 0 unspecified atom stereocenters. The highest BCUT2D eigenvalue weighted by molar-refractivity contribution is 5.57. The second-order valence-electron chi connectivity index (χ2n) is 5.16. The van der Waals surface area contributed by atoms with Crippen LogP contribution in [0.4, 0.5) is 11.6 Å². The molecule has 0 bridgehead atoms. The maximum Gasteiger partial charge on any atom is 0.136 e. The third-order valence-electron chi connectivity index (χ3n) is 3.19.